The number of carboxylic acid groups (broad SMARTS) is 1. The second kappa shape index (κ2) is 7.93. The van der Waals surface area contributed by atoms with Gasteiger partial charge < -0.3 is 10.4 Å². The molecule has 0 saturated carbocycles. The second-order valence-electron chi connectivity index (χ2n) is 5.28. The highest BCUT2D eigenvalue weighted by molar-refractivity contribution is 6.06. The lowest BCUT2D eigenvalue weighted by Gasteiger charge is -2.05. The highest BCUT2D eigenvalue weighted by Crippen LogP contribution is 2.17. The Balaban J connectivity index is 0.00000225. The van der Waals surface area contributed by atoms with Gasteiger partial charge in [-0.05, 0) is 40.6 Å². The van der Waals surface area contributed by atoms with E-state index in [9.17, 15) is 9.59 Å². The van der Waals surface area contributed by atoms with Gasteiger partial charge >= 0.3 is 5.97 Å². The van der Waals surface area contributed by atoms with Crippen molar-refractivity contribution in [3.63, 3.8) is 0 Å². The van der Waals surface area contributed by atoms with Crippen LogP contribution < -0.4 is 5.32 Å². The van der Waals surface area contributed by atoms with Gasteiger partial charge in [-0.2, -0.15) is 0 Å². The number of hydrogen-bond donors (Lipinski definition) is 2. The number of benzene rings is 3. The number of fused-ring (bicyclic) bond motifs is 1. The average molecular weight is 333 g/mol. The van der Waals surface area contributed by atoms with Gasteiger partial charge in [0.1, 0.15) is 0 Å². The third-order valence-electron chi connectivity index (χ3n) is 3.62. The molecule has 0 atom stereocenters. The Hall–Kier alpha value is -3.40. The maximum atomic E-state index is 12.0. The van der Waals surface area contributed by atoms with Crippen LogP contribution >= 0.6 is 0 Å². The highest BCUT2D eigenvalue weighted by Gasteiger charge is 2.10. The number of aromatic carboxylic acids is 1. The molecule has 0 saturated heterocycles. The SMILES string of the molecule is C.O=C(/C=C/c1ccc2ccccc2c1)Nc1ccccc1C(=O)O. The van der Waals surface area contributed by atoms with Gasteiger partial charge in [0.25, 0.3) is 0 Å². The van der Waals surface area contributed by atoms with Crippen LogP contribution in [-0.4, -0.2) is 17.0 Å². The van der Waals surface area contributed by atoms with Crippen molar-refractivity contribution >= 4 is 34.4 Å². The molecule has 1 amide bonds. The predicted octanol–water partition coefficient (Wildman–Crippen LogP) is 4.83. The molecule has 25 heavy (non-hydrogen) atoms. The van der Waals surface area contributed by atoms with Crippen LogP contribution in [0.25, 0.3) is 16.8 Å². The topological polar surface area (TPSA) is 66.4 Å². The third-order valence-corrected chi connectivity index (χ3v) is 3.62. The smallest absolute Gasteiger partial charge is 0.337 e. The summed E-state index contributed by atoms with van der Waals surface area (Å²) >= 11 is 0. The van der Waals surface area contributed by atoms with E-state index in [1.54, 1.807) is 24.3 Å². The van der Waals surface area contributed by atoms with Crippen molar-refractivity contribution in [2.24, 2.45) is 0 Å². The van der Waals surface area contributed by atoms with Crippen LogP contribution in [0.5, 0.6) is 0 Å². The molecule has 0 aromatic heterocycles. The number of amides is 1. The number of rotatable bonds is 4. The van der Waals surface area contributed by atoms with Crippen molar-refractivity contribution in [2.45, 2.75) is 7.43 Å². The van der Waals surface area contributed by atoms with E-state index in [0.717, 1.165) is 16.3 Å². The molecule has 0 bridgehead atoms. The molecule has 0 radical (unpaired) electrons. The first kappa shape index (κ1) is 17.9. The second-order valence-corrected chi connectivity index (χ2v) is 5.28. The van der Waals surface area contributed by atoms with Crippen molar-refractivity contribution in [3.05, 3.63) is 83.9 Å². The first-order valence-corrected chi connectivity index (χ1v) is 7.44. The molecule has 0 aliphatic carbocycles. The minimum absolute atomic E-state index is 0. The van der Waals surface area contributed by atoms with E-state index in [0.29, 0.717) is 0 Å². The van der Waals surface area contributed by atoms with Crippen molar-refractivity contribution in [3.8, 4) is 0 Å². The van der Waals surface area contributed by atoms with E-state index < -0.39 is 5.97 Å². The molecule has 0 aliphatic rings. The third kappa shape index (κ3) is 4.32. The molecule has 0 fully saturated rings. The maximum absolute atomic E-state index is 12.0. The number of carboxylic acids is 1. The molecular formula is C21H19NO3. The van der Waals surface area contributed by atoms with Crippen LogP contribution in [0.1, 0.15) is 23.3 Å². The molecule has 0 spiro atoms. The van der Waals surface area contributed by atoms with Crippen molar-refractivity contribution in [1.82, 2.24) is 0 Å². The summed E-state index contributed by atoms with van der Waals surface area (Å²) in [6, 6.07) is 20.2. The van der Waals surface area contributed by atoms with Gasteiger partial charge in [0, 0.05) is 6.08 Å². The first-order chi connectivity index (χ1) is 11.6. The first-order valence-electron chi connectivity index (χ1n) is 7.44. The van der Waals surface area contributed by atoms with Crippen LogP contribution in [0.3, 0.4) is 0 Å². The Morgan fingerprint density at radius 1 is 0.880 bits per heavy atom. The van der Waals surface area contributed by atoms with E-state index in [4.69, 9.17) is 5.11 Å². The van der Waals surface area contributed by atoms with Gasteiger partial charge in [-0.1, -0.05) is 56.0 Å². The predicted molar refractivity (Wildman–Crippen MR) is 102 cm³/mol. The van der Waals surface area contributed by atoms with Crippen LogP contribution in [-0.2, 0) is 4.79 Å². The molecule has 0 unspecified atom stereocenters. The number of anilines is 1. The fourth-order valence-electron chi connectivity index (χ4n) is 2.44. The largest absolute Gasteiger partial charge is 0.478 e. The van der Waals surface area contributed by atoms with Gasteiger partial charge in [-0.15, -0.1) is 0 Å². The zero-order chi connectivity index (χ0) is 16.9. The molecule has 3 aromatic rings. The Morgan fingerprint density at radius 2 is 1.56 bits per heavy atom. The highest BCUT2D eigenvalue weighted by atomic mass is 16.4. The quantitative estimate of drug-likeness (QED) is 0.672. The summed E-state index contributed by atoms with van der Waals surface area (Å²) in [5.74, 6) is -1.46. The molecule has 3 aromatic carbocycles. The van der Waals surface area contributed by atoms with Gasteiger partial charge in [0.2, 0.25) is 5.91 Å². The van der Waals surface area contributed by atoms with Crippen LogP contribution in [0.4, 0.5) is 5.69 Å². The molecule has 4 heteroatoms. The summed E-state index contributed by atoms with van der Waals surface area (Å²) in [5, 5.41) is 13.9. The minimum Gasteiger partial charge on any atom is -0.478 e. The van der Waals surface area contributed by atoms with Gasteiger partial charge in [-0.3, -0.25) is 4.79 Å². The van der Waals surface area contributed by atoms with E-state index in [2.05, 4.69) is 5.32 Å². The number of para-hydroxylation sites is 1. The summed E-state index contributed by atoms with van der Waals surface area (Å²) in [6.45, 7) is 0. The molecule has 126 valence electrons. The van der Waals surface area contributed by atoms with Crippen LogP contribution in [0, 0.1) is 0 Å². The Labute approximate surface area is 146 Å². The number of hydrogen-bond acceptors (Lipinski definition) is 2. The number of carbonyl (C=O) groups is 2. The molecule has 3 rings (SSSR count). The van der Waals surface area contributed by atoms with E-state index in [-0.39, 0.29) is 24.6 Å². The number of carbonyl (C=O) groups excluding carboxylic acids is 1. The Kier molecular flexibility index (Phi) is 5.69. The van der Waals surface area contributed by atoms with Crippen molar-refractivity contribution in [2.75, 3.05) is 5.32 Å². The van der Waals surface area contributed by atoms with Crippen molar-refractivity contribution in [1.29, 1.82) is 0 Å². The van der Waals surface area contributed by atoms with E-state index in [1.807, 2.05) is 42.5 Å². The molecular weight excluding hydrogens is 314 g/mol. The average Bonchev–Trinajstić information content (AvgIpc) is 2.60. The molecule has 0 aliphatic heterocycles. The van der Waals surface area contributed by atoms with Gasteiger partial charge in [0.15, 0.2) is 0 Å². The molecule has 4 nitrogen and oxygen atoms in total. The summed E-state index contributed by atoms with van der Waals surface area (Å²) in [7, 11) is 0. The zero-order valence-electron chi connectivity index (χ0n) is 12.8. The summed E-state index contributed by atoms with van der Waals surface area (Å²) in [6.07, 6.45) is 3.09. The van der Waals surface area contributed by atoms with Crippen LogP contribution in [0.2, 0.25) is 0 Å². The van der Waals surface area contributed by atoms with Crippen LogP contribution in [0.15, 0.2) is 72.8 Å². The van der Waals surface area contributed by atoms with Crippen molar-refractivity contribution < 1.29 is 14.7 Å². The standard InChI is InChI=1S/C20H15NO3.CH4/c22-19(21-18-8-4-3-7-17(18)20(23)24)12-10-14-9-11-15-5-1-2-6-16(15)13-14;/h1-13H,(H,21,22)(H,23,24);1H4/b12-10+;. The fourth-order valence-corrected chi connectivity index (χ4v) is 2.44. The molecule has 2 N–H and O–H groups in total. The normalized spacial score (nSPS) is 10.4. The monoisotopic (exact) mass is 333 g/mol. The number of nitrogens with one attached hydrogen (secondary N) is 1. The maximum Gasteiger partial charge on any atom is 0.337 e. The Morgan fingerprint density at radius 3 is 2.32 bits per heavy atom. The minimum atomic E-state index is -1.08. The summed E-state index contributed by atoms with van der Waals surface area (Å²) in [5.41, 5.74) is 1.23. The lowest BCUT2D eigenvalue weighted by Crippen LogP contribution is -2.11. The Bertz CT molecular complexity index is 945. The van der Waals surface area contributed by atoms with Gasteiger partial charge in [0.05, 0.1) is 11.3 Å². The lowest BCUT2D eigenvalue weighted by atomic mass is 10.1. The van der Waals surface area contributed by atoms with E-state index in [1.165, 1.54) is 12.1 Å². The summed E-state index contributed by atoms with van der Waals surface area (Å²) < 4.78 is 0. The van der Waals surface area contributed by atoms with Gasteiger partial charge in [-0.25, -0.2) is 4.79 Å². The summed E-state index contributed by atoms with van der Waals surface area (Å²) in [4.78, 5) is 23.2. The fraction of sp³-hybridized carbons (Fsp3) is 0.0476. The molecule has 0 heterocycles. The zero-order valence-corrected chi connectivity index (χ0v) is 12.8. The lowest BCUT2D eigenvalue weighted by molar-refractivity contribution is -0.111. The van der Waals surface area contributed by atoms with E-state index >= 15 is 0 Å².